The Morgan fingerprint density at radius 2 is 1.83 bits per heavy atom. The minimum absolute atomic E-state index is 0.00508. The van der Waals surface area contributed by atoms with Crippen molar-refractivity contribution < 1.29 is 23.8 Å². The van der Waals surface area contributed by atoms with Crippen LogP contribution >= 0.6 is 0 Å². The molecule has 188 valence electrons. The smallest absolute Gasteiger partial charge is 0.259 e. The molecule has 2 bridgehead atoms. The van der Waals surface area contributed by atoms with Crippen molar-refractivity contribution in [3.63, 3.8) is 0 Å². The van der Waals surface area contributed by atoms with E-state index in [2.05, 4.69) is 4.98 Å². The van der Waals surface area contributed by atoms with Crippen LogP contribution < -0.4 is 9.47 Å². The van der Waals surface area contributed by atoms with Gasteiger partial charge in [-0.15, -0.1) is 0 Å². The van der Waals surface area contributed by atoms with Crippen LogP contribution in [0.5, 0.6) is 11.6 Å². The molecule has 1 aromatic carbocycles. The van der Waals surface area contributed by atoms with Gasteiger partial charge in [-0.25, -0.2) is 4.98 Å². The molecule has 8 nitrogen and oxygen atoms in total. The molecule has 1 saturated heterocycles. The van der Waals surface area contributed by atoms with Crippen LogP contribution in [0.15, 0.2) is 42.6 Å². The fourth-order valence-corrected chi connectivity index (χ4v) is 5.17. The summed E-state index contributed by atoms with van der Waals surface area (Å²) in [5.74, 6) is 0.725. The second kappa shape index (κ2) is 11.5. The fourth-order valence-electron chi connectivity index (χ4n) is 5.17. The number of methoxy groups -OCH3 is 2. The van der Waals surface area contributed by atoms with Crippen LogP contribution in [0.3, 0.4) is 0 Å². The van der Waals surface area contributed by atoms with E-state index in [0.717, 1.165) is 32.1 Å². The van der Waals surface area contributed by atoms with E-state index in [9.17, 15) is 9.59 Å². The number of aromatic nitrogens is 1. The average Bonchev–Trinajstić information content (AvgIpc) is 2.90. The first-order chi connectivity index (χ1) is 17.1. The molecule has 0 aliphatic carbocycles. The van der Waals surface area contributed by atoms with E-state index < -0.39 is 0 Å². The number of hydrogen-bond acceptors (Lipinski definition) is 6. The van der Waals surface area contributed by atoms with Gasteiger partial charge in [-0.05, 0) is 55.4 Å². The summed E-state index contributed by atoms with van der Waals surface area (Å²) in [6, 6.07) is 10.8. The van der Waals surface area contributed by atoms with E-state index in [4.69, 9.17) is 14.2 Å². The molecule has 0 saturated carbocycles. The lowest BCUT2D eigenvalue weighted by molar-refractivity contribution is 0.0136. The summed E-state index contributed by atoms with van der Waals surface area (Å²) in [6.45, 7) is 3.39. The monoisotopic (exact) mass is 481 g/mol. The van der Waals surface area contributed by atoms with E-state index in [1.807, 2.05) is 29.2 Å². The number of carbonyl (C=O) groups is 2. The topological polar surface area (TPSA) is 81.2 Å². The number of pyridine rings is 1. The number of para-hydroxylation sites is 1. The molecule has 0 radical (unpaired) electrons. The molecule has 4 heterocycles. The zero-order valence-electron chi connectivity index (χ0n) is 20.7. The van der Waals surface area contributed by atoms with Crippen LogP contribution in [0.25, 0.3) is 0 Å². The third-order valence-corrected chi connectivity index (χ3v) is 7.17. The first kappa shape index (κ1) is 25.0. The molecule has 5 rings (SSSR count). The van der Waals surface area contributed by atoms with Crippen molar-refractivity contribution in [2.45, 2.75) is 32.1 Å². The van der Waals surface area contributed by atoms with E-state index in [1.54, 1.807) is 30.3 Å². The van der Waals surface area contributed by atoms with Gasteiger partial charge >= 0.3 is 0 Å². The molecule has 0 unspecified atom stereocenters. The highest BCUT2D eigenvalue weighted by Gasteiger charge is 2.36. The highest BCUT2D eigenvalue weighted by Crippen LogP contribution is 2.38. The summed E-state index contributed by atoms with van der Waals surface area (Å²) < 4.78 is 17.0. The van der Waals surface area contributed by atoms with Gasteiger partial charge in [-0.1, -0.05) is 18.6 Å². The van der Waals surface area contributed by atoms with Gasteiger partial charge in [0.2, 0.25) is 5.88 Å². The maximum atomic E-state index is 13.4. The minimum Gasteiger partial charge on any atom is -0.491 e. The third-order valence-electron chi connectivity index (χ3n) is 7.17. The molecule has 3 aliphatic heterocycles. The third kappa shape index (κ3) is 5.75. The lowest BCUT2D eigenvalue weighted by atomic mass is 9.75. The second-order valence-corrected chi connectivity index (χ2v) is 9.38. The van der Waals surface area contributed by atoms with Crippen LogP contribution in [0.1, 0.15) is 52.8 Å². The molecule has 0 atom stereocenters. The maximum absolute atomic E-state index is 13.4. The minimum atomic E-state index is -0.133. The summed E-state index contributed by atoms with van der Waals surface area (Å²) in [4.78, 5) is 34.7. The summed E-state index contributed by atoms with van der Waals surface area (Å²) >= 11 is 0. The maximum Gasteiger partial charge on any atom is 0.259 e. The van der Waals surface area contributed by atoms with Crippen molar-refractivity contribution >= 4 is 11.8 Å². The van der Waals surface area contributed by atoms with Gasteiger partial charge in [0.05, 0.1) is 25.8 Å². The van der Waals surface area contributed by atoms with E-state index in [-0.39, 0.29) is 23.8 Å². The highest BCUT2D eigenvalue weighted by atomic mass is 16.5. The number of carbonyl (C=O) groups excluding carboxylic acids is 2. The number of fused-ring (bicyclic) bond motifs is 9. The van der Waals surface area contributed by atoms with Crippen molar-refractivity contribution in [3.8, 4) is 11.6 Å². The van der Waals surface area contributed by atoms with Gasteiger partial charge in [0.25, 0.3) is 11.8 Å². The van der Waals surface area contributed by atoms with Crippen LogP contribution in [-0.4, -0.2) is 80.2 Å². The van der Waals surface area contributed by atoms with Crippen molar-refractivity contribution in [1.82, 2.24) is 14.8 Å². The normalized spacial score (nSPS) is 18.7. The van der Waals surface area contributed by atoms with Crippen LogP contribution in [-0.2, 0) is 4.74 Å². The molecule has 1 fully saturated rings. The highest BCUT2D eigenvalue weighted by molar-refractivity contribution is 5.97. The van der Waals surface area contributed by atoms with Crippen molar-refractivity contribution in [2.24, 2.45) is 5.41 Å². The molecule has 0 spiro atoms. The summed E-state index contributed by atoms with van der Waals surface area (Å²) in [6.07, 6.45) is 6.29. The Morgan fingerprint density at radius 3 is 2.60 bits per heavy atom. The van der Waals surface area contributed by atoms with Crippen LogP contribution in [0.4, 0.5) is 0 Å². The second-order valence-electron chi connectivity index (χ2n) is 9.38. The van der Waals surface area contributed by atoms with Crippen LogP contribution in [0.2, 0.25) is 0 Å². The number of hydrogen-bond donors (Lipinski definition) is 0. The molecule has 0 N–H and O–H groups in total. The Hall–Kier alpha value is -3.13. The molecule has 2 aromatic rings. The summed E-state index contributed by atoms with van der Waals surface area (Å²) in [5.41, 5.74) is 1.06. The average molecular weight is 482 g/mol. The van der Waals surface area contributed by atoms with Crippen LogP contribution in [0, 0.1) is 5.41 Å². The van der Waals surface area contributed by atoms with Gasteiger partial charge in [0, 0.05) is 32.9 Å². The van der Waals surface area contributed by atoms with Crippen molar-refractivity contribution in [2.75, 3.05) is 53.6 Å². The number of ether oxygens (including phenoxy) is 3. The van der Waals surface area contributed by atoms with Gasteiger partial charge < -0.3 is 24.0 Å². The van der Waals surface area contributed by atoms with Gasteiger partial charge in [-0.2, -0.15) is 0 Å². The van der Waals surface area contributed by atoms with E-state index in [1.165, 1.54) is 7.11 Å². The lowest BCUT2D eigenvalue weighted by Crippen LogP contribution is -2.45. The summed E-state index contributed by atoms with van der Waals surface area (Å²) in [7, 11) is 3.26. The Balaban J connectivity index is 1.59. The zero-order valence-corrected chi connectivity index (χ0v) is 20.7. The first-order valence-corrected chi connectivity index (χ1v) is 12.4. The number of benzene rings is 1. The molecule has 3 aliphatic rings. The Morgan fingerprint density at radius 1 is 1.03 bits per heavy atom. The number of amides is 2. The van der Waals surface area contributed by atoms with Gasteiger partial charge in [-0.3, -0.25) is 9.59 Å². The molecule has 35 heavy (non-hydrogen) atoms. The molecule has 8 heteroatoms. The molecular formula is C27H35N3O5. The van der Waals surface area contributed by atoms with Crippen molar-refractivity contribution in [3.05, 3.63) is 53.7 Å². The van der Waals surface area contributed by atoms with Gasteiger partial charge in [0.15, 0.2) is 0 Å². The Labute approximate surface area is 207 Å². The molecule has 1 aromatic heterocycles. The predicted molar refractivity (Wildman–Crippen MR) is 132 cm³/mol. The van der Waals surface area contributed by atoms with E-state index in [0.29, 0.717) is 55.5 Å². The number of piperidine rings is 1. The fraction of sp³-hybridized carbons (Fsp3) is 0.519. The number of rotatable bonds is 4. The van der Waals surface area contributed by atoms with Crippen molar-refractivity contribution in [1.29, 1.82) is 0 Å². The predicted octanol–water partition coefficient (Wildman–Crippen LogP) is 3.66. The van der Waals surface area contributed by atoms with Gasteiger partial charge in [0.1, 0.15) is 17.9 Å². The number of nitrogens with zero attached hydrogens (tertiary/aromatic N) is 3. The molecule has 2 amide bonds. The first-order valence-electron chi connectivity index (χ1n) is 12.4. The Kier molecular flexibility index (Phi) is 8.23. The molecular weight excluding hydrogens is 446 g/mol. The lowest BCUT2D eigenvalue weighted by Gasteiger charge is -2.41. The zero-order chi connectivity index (χ0) is 24.7. The largest absolute Gasteiger partial charge is 0.491 e. The quantitative estimate of drug-likeness (QED) is 0.663. The summed E-state index contributed by atoms with van der Waals surface area (Å²) in [5, 5.41) is 0. The SMILES string of the molecule is COCC12CCCCN(C(=O)c3cccnc3OC)CCOc3ccccc3C(=O)N(CC1)CC2. The Bertz CT molecular complexity index is 1020. The standard InChI is InChI=1S/C27H35N3O5/c1-33-20-27-11-5-6-15-29(26(32)22-9-7-14-28-24(22)34-2)18-19-35-23-10-4-3-8-21(23)25(31)30(16-12-27)17-13-27/h3-4,7-10,14H,5-6,11-13,15-20H2,1-2H3. The van der Waals surface area contributed by atoms with E-state index >= 15 is 0 Å².